The van der Waals surface area contributed by atoms with Crippen molar-refractivity contribution in [2.45, 2.75) is 19.3 Å². The van der Waals surface area contributed by atoms with Crippen LogP contribution in [-0.2, 0) is 16.1 Å². The van der Waals surface area contributed by atoms with E-state index in [2.05, 4.69) is 10.3 Å². The SMILES string of the molecule is NC(=O)CC(NC(=O)c1ccc(-c2cc(-c3cccnc3)nn2-c2ccc(Cl)c(Cl)c2)cc1)OCc1ccccc1. The minimum Gasteiger partial charge on any atom is -0.370 e. The lowest BCUT2D eigenvalue weighted by atomic mass is 10.1. The van der Waals surface area contributed by atoms with Gasteiger partial charge in [0.15, 0.2) is 0 Å². The Labute approximate surface area is 246 Å². The predicted octanol–water partition coefficient (Wildman–Crippen LogP) is 6.06. The van der Waals surface area contributed by atoms with Crippen LogP contribution < -0.4 is 11.1 Å². The zero-order chi connectivity index (χ0) is 28.8. The number of nitrogens with two attached hydrogens (primary N) is 1. The zero-order valence-electron chi connectivity index (χ0n) is 21.7. The standard InChI is InChI=1S/C31H25Cl2N5O3/c32-25-13-12-24(15-26(25)33)38-28(16-27(37-38)23-7-4-14-35-18-23)21-8-10-22(11-9-21)31(40)36-30(17-29(34)39)41-19-20-5-2-1-3-6-20/h1-16,18,30H,17,19H2,(H2,34,39)(H,36,40). The number of hydrogen-bond acceptors (Lipinski definition) is 5. The fourth-order valence-corrected chi connectivity index (χ4v) is 4.48. The molecule has 0 fully saturated rings. The zero-order valence-corrected chi connectivity index (χ0v) is 23.2. The number of benzene rings is 3. The maximum absolute atomic E-state index is 13.0. The second kappa shape index (κ2) is 12.8. The molecule has 41 heavy (non-hydrogen) atoms. The van der Waals surface area contributed by atoms with E-state index in [0.717, 1.165) is 28.1 Å². The molecular weight excluding hydrogens is 561 g/mol. The van der Waals surface area contributed by atoms with Gasteiger partial charge in [-0.2, -0.15) is 5.10 Å². The Bertz CT molecular complexity index is 1660. The number of hydrogen-bond donors (Lipinski definition) is 2. The number of rotatable bonds is 10. The minimum absolute atomic E-state index is 0.156. The Morgan fingerprint density at radius 3 is 2.37 bits per heavy atom. The van der Waals surface area contributed by atoms with Crippen LogP contribution in [0.2, 0.25) is 10.0 Å². The Hall–Kier alpha value is -4.50. The first-order chi connectivity index (χ1) is 19.9. The van der Waals surface area contributed by atoms with Gasteiger partial charge in [0.1, 0.15) is 6.23 Å². The molecule has 0 saturated carbocycles. The molecule has 1 unspecified atom stereocenters. The van der Waals surface area contributed by atoms with Gasteiger partial charge in [0, 0.05) is 29.1 Å². The molecule has 3 aromatic carbocycles. The molecular formula is C31H25Cl2N5O3. The first-order valence-electron chi connectivity index (χ1n) is 12.7. The van der Waals surface area contributed by atoms with Crippen molar-refractivity contribution in [1.29, 1.82) is 0 Å². The van der Waals surface area contributed by atoms with Crippen LogP contribution in [0.1, 0.15) is 22.3 Å². The highest BCUT2D eigenvalue weighted by atomic mass is 35.5. The highest BCUT2D eigenvalue weighted by molar-refractivity contribution is 6.42. The molecule has 2 amide bonds. The molecule has 0 saturated heterocycles. The van der Waals surface area contributed by atoms with E-state index in [1.165, 1.54) is 0 Å². The maximum Gasteiger partial charge on any atom is 0.253 e. The number of aromatic nitrogens is 3. The van der Waals surface area contributed by atoms with Gasteiger partial charge >= 0.3 is 0 Å². The quantitative estimate of drug-likeness (QED) is 0.193. The molecule has 3 N–H and O–H groups in total. The molecule has 1 atom stereocenters. The van der Waals surface area contributed by atoms with Crippen LogP contribution in [0.5, 0.6) is 0 Å². The molecule has 0 aliphatic heterocycles. The summed E-state index contributed by atoms with van der Waals surface area (Å²) in [5, 5.41) is 8.40. The lowest BCUT2D eigenvalue weighted by Gasteiger charge is -2.18. The van der Waals surface area contributed by atoms with Gasteiger partial charge in [-0.1, -0.05) is 65.7 Å². The number of halogens is 2. The van der Waals surface area contributed by atoms with Crippen LogP contribution in [0.3, 0.4) is 0 Å². The van der Waals surface area contributed by atoms with Gasteiger partial charge in [0.05, 0.1) is 40.1 Å². The summed E-state index contributed by atoms with van der Waals surface area (Å²) in [6.07, 6.45) is 2.40. The number of nitrogens with zero attached hydrogens (tertiary/aromatic N) is 3. The number of carbonyl (C=O) groups is 2. The van der Waals surface area contributed by atoms with Gasteiger partial charge < -0.3 is 15.8 Å². The van der Waals surface area contributed by atoms with E-state index in [-0.39, 0.29) is 13.0 Å². The predicted molar refractivity (Wildman–Crippen MR) is 159 cm³/mol. The molecule has 0 spiro atoms. The van der Waals surface area contributed by atoms with E-state index in [0.29, 0.717) is 21.3 Å². The summed E-state index contributed by atoms with van der Waals surface area (Å²) in [5.41, 5.74) is 10.5. The van der Waals surface area contributed by atoms with Gasteiger partial charge in [-0.15, -0.1) is 0 Å². The Morgan fingerprint density at radius 2 is 1.68 bits per heavy atom. The fourth-order valence-electron chi connectivity index (χ4n) is 4.18. The second-order valence-corrected chi connectivity index (χ2v) is 9.99. The molecule has 0 aliphatic carbocycles. The number of pyridine rings is 1. The summed E-state index contributed by atoms with van der Waals surface area (Å²) in [6, 6.07) is 27.5. The van der Waals surface area contributed by atoms with Gasteiger partial charge in [-0.3, -0.25) is 14.6 Å². The summed E-state index contributed by atoms with van der Waals surface area (Å²) in [6.45, 7) is 0.218. The Kier molecular flexibility index (Phi) is 8.74. The van der Waals surface area contributed by atoms with Gasteiger partial charge in [0.2, 0.25) is 5.91 Å². The van der Waals surface area contributed by atoms with Crippen LogP contribution >= 0.6 is 23.2 Å². The van der Waals surface area contributed by atoms with Crippen LogP contribution in [-0.4, -0.2) is 32.8 Å². The number of carbonyl (C=O) groups excluding carboxylic acids is 2. The van der Waals surface area contributed by atoms with E-state index in [4.69, 9.17) is 38.8 Å². The third kappa shape index (κ3) is 6.99. The summed E-state index contributed by atoms with van der Waals surface area (Å²) in [5.74, 6) is -0.983. The van der Waals surface area contributed by atoms with E-state index in [1.54, 1.807) is 41.3 Å². The first kappa shape index (κ1) is 28.0. The van der Waals surface area contributed by atoms with Crippen LogP contribution in [0, 0.1) is 0 Å². The summed E-state index contributed by atoms with van der Waals surface area (Å²) in [4.78, 5) is 28.8. The number of ether oxygens (including phenoxy) is 1. The number of primary amides is 1. The highest BCUT2D eigenvalue weighted by Gasteiger charge is 2.19. The molecule has 0 bridgehead atoms. The van der Waals surface area contributed by atoms with Crippen molar-refractivity contribution in [1.82, 2.24) is 20.1 Å². The molecule has 0 radical (unpaired) electrons. The Morgan fingerprint density at radius 1 is 0.902 bits per heavy atom. The van der Waals surface area contributed by atoms with E-state index < -0.39 is 18.0 Å². The normalized spacial score (nSPS) is 11.7. The number of nitrogens with one attached hydrogen (secondary N) is 1. The number of amides is 2. The Balaban J connectivity index is 1.39. The van der Waals surface area contributed by atoms with Gasteiger partial charge in [0.25, 0.3) is 5.91 Å². The lowest BCUT2D eigenvalue weighted by molar-refractivity contribution is -0.121. The molecule has 5 aromatic rings. The van der Waals surface area contributed by atoms with Gasteiger partial charge in [-0.25, -0.2) is 4.68 Å². The van der Waals surface area contributed by atoms with Crippen LogP contribution in [0.25, 0.3) is 28.2 Å². The van der Waals surface area contributed by atoms with Crippen molar-refractivity contribution in [3.05, 3.63) is 125 Å². The molecule has 2 heterocycles. The third-order valence-electron chi connectivity index (χ3n) is 6.23. The minimum atomic E-state index is -0.877. The summed E-state index contributed by atoms with van der Waals surface area (Å²) >= 11 is 12.5. The second-order valence-electron chi connectivity index (χ2n) is 9.17. The van der Waals surface area contributed by atoms with Crippen molar-refractivity contribution in [2.75, 3.05) is 0 Å². The fraction of sp³-hybridized carbons (Fsp3) is 0.0968. The van der Waals surface area contributed by atoms with Crippen molar-refractivity contribution in [3.8, 4) is 28.2 Å². The van der Waals surface area contributed by atoms with E-state index >= 15 is 0 Å². The van der Waals surface area contributed by atoms with Crippen molar-refractivity contribution in [2.24, 2.45) is 5.73 Å². The van der Waals surface area contributed by atoms with E-state index in [1.807, 2.05) is 66.7 Å². The van der Waals surface area contributed by atoms with Crippen molar-refractivity contribution < 1.29 is 14.3 Å². The molecule has 206 valence electrons. The topological polar surface area (TPSA) is 112 Å². The largest absolute Gasteiger partial charge is 0.370 e. The lowest BCUT2D eigenvalue weighted by Crippen LogP contribution is -2.39. The maximum atomic E-state index is 13.0. The third-order valence-corrected chi connectivity index (χ3v) is 6.97. The van der Waals surface area contributed by atoms with Crippen molar-refractivity contribution >= 4 is 35.0 Å². The first-order valence-corrected chi connectivity index (χ1v) is 13.4. The molecule has 2 aromatic heterocycles. The average molecular weight is 586 g/mol. The van der Waals surface area contributed by atoms with Crippen molar-refractivity contribution in [3.63, 3.8) is 0 Å². The van der Waals surface area contributed by atoms with Crippen LogP contribution in [0.15, 0.2) is 103 Å². The van der Waals surface area contributed by atoms with E-state index in [9.17, 15) is 9.59 Å². The summed E-state index contributed by atoms with van der Waals surface area (Å²) < 4.78 is 7.55. The smallest absolute Gasteiger partial charge is 0.253 e. The van der Waals surface area contributed by atoms with Gasteiger partial charge in [-0.05, 0) is 54.1 Å². The molecule has 8 nitrogen and oxygen atoms in total. The molecule has 0 aliphatic rings. The highest BCUT2D eigenvalue weighted by Crippen LogP contribution is 2.31. The van der Waals surface area contributed by atoms with Crippen LogP contribution in [0.4, 0.5) is 0 Å². The average Bonchev–Trinajstić information content (AvgIpc) is 3.44. The monoisotopic (exact) mass is 585 g/mol. The summed E-state index contributed by atoms with van der Waals surface area (Å²) in [7, 11) is 0. The molecule has 10 heteroatoms. The molecule has 5 rings (SSSR count).